The summed E-state index contributed by atoms with van der Waals surface area (Å²) in [4.78, 5) is 36.7. The highest BCUT2D eigenvalue weighted by Crippen LogP contribution is 2.29. The molecule has 0 spiro atoms. The molecule has 2 rings (SSSR count). The van der Waals surface area contributed by atoms with Crippen molar-refractivity contribution < 1.29 is 14.4 Å². The molecule has 0 radical (unpaired) electrons. The minimum atomic E-state index is -0.284. The largest absolute Gasteiger partial charge is 0.335 e. The van der Waals surface area contributed by atoms with Crippen molar-refractivity contribution in [2.75, 3.05) is 12.3 Å². The van der Waals surface area contributed by atoms with Crippen molar-refractivity contribution in [1.82, 2.24) is 15.5 Å². The summed E-state index contributed by atoms with van der Waals surface area (Å²) in [5, 5.41) is 5.33. The van der Waals surface area contributed by atoms with Crippen molar-refractivity contribution in [3.05, 3.63) is 12.7 Å². The highest BCUT2D eigenvalue weighted by molar-refractivity contribution is 8.14. The molecule has 1 heterocycles. The van der Waals surface area contributed by atoms with Crippen LogP contribution in [0.1, 0.15) is 25.7 Å². The van der Waals surface area contributed by atoms with Crippen LogP contribution in [0.15, 0.2) is 12.7 Å². The molecular weight excluding hydrogens is 278 g/mol. The Balaban J connectivity index is 2.01. The lowest BCUT2D eigenvalue weighted by atomic mass is 9.89. The fourth-order valence-corrected chi connectivity index (χ4v) is 3.42. The molecule has 0 aromatic rings. The first-order chi connectivity index (χ1) is 9.63. The molecule has 2 aliphatic rings. The zero-order valence-electron chi connectivity index (χ0n) is 11.3. The smallest absolute Gasteiger partial charge is 0.315 e. The molecule has 0 aromatic carbocycles. The molecule has 20 heavy (non-hydrogen) atoms. The van der Waals surface area contributed by atoms with E-state index in [2.05, 4.69) is 17.2 Å². The number of hydrogen-bond donors (Lipinski definition) is 2. The van der Waals surface area contributed by atoms with Gasteiger partial charge in [-0.05, 0) is 12.8 Å². The lowest BCUT2D eigenvalue weighted by Gasteiger charge is -2.36. The first-order valence-corrected chi connectivity index (χ1v) is 7.76. The highest BCUT2D eigenvalue weighted by Gasteiger charge is 2.41. The van der Waals surface area contributed by atoms with Gasteiger partial charge in [-0.15, -0.1) is 6.58 Å². The maximum atomic E-state index is 11.8. The predicted molar refractivity (Wildman–Crippen MR) is 77.5 cm³/mol. The van der Waals surface area contributed by atoms with Crippen LogP contribution in [-0.2, 0) is 4.79 Å². The van der Waals surface area contributed by atoms with E-state index in [1.165, 1.54) is 4.90 Å². The molecule has 1 aliphatic carbocycles. The number of hydrogen-bond acceptors (Lipinski definition) is 4. The first kappa shape index (κ1) is 14.9. The molecule has 2 atom stereocenters. The number of amides is 4. The standard InChI is InChI=1S/C13H19N3O3S/c1-2-7-14-12(18)15-9-5-3-4-6-10(9)16-11(17)8-20-13(16)19/h2,9-10H,1,3-8H2,(H2,14,15,18)/t9-,10-/m0/s1. The second kappa shape index (κ2) is 6.78. The van der Waals surface area contributed by atoms with Gasteiger partial charge in [0.25, 0.3) is 5.24 Å². The van der Waals surface area contributed by atoms with Gasteiger partial charge in [0.05, 0.1) is 17.8 Å². The summed E-state index contributed by atoms with van der Waals surface area (Å²) >= 11 is 1.04. The van der Waals surface area contributed by atoms with Gasteiger partial charge >= 0.3 is 6.03 Å². The van der Waals surface area contributed by atoms with Crippen LogP contribution in [-0.4, -0.2) is 46.5 Å². The number of carbonyl (C=O) groups is 3. The van der Waals surface area contributed by atoms with Crippen LogP contribution in [0.3, 0.4) is 0 Å². The number of urea groups is 1. The van der Waals surface area contributed by atoms with Crippen LogP contribution in [0.4, 0.5) is 9.59 Å². The monoisotopic (exact) mass is 297 g/mol. The molecule has 1 aliphatic heterocycles. The highest BCUT2D eigenvalue weighted by atomic mass is 32.2. The van der Waals surface area contributed by atoms with E-state index in [-0.39, 0.29) is 35.0 Å². The van der Waals surface area contributed by atoms with Crippen molar-refractivity contribution >= 4 is 28.9 Å². The molecular formula is C13H19N3O3S. The quantitative estimate of drug-likeness (QED) is 0.770. The van der Waals surface area contributed by atoms with E-state index >= 15 is 0 Å². The number of thioether (sulfide) groups is 1. The van der Waals surface area contributed by atoms with E-state index in [1.807, 2.05) is 0 Å². The van der Waals surface area contributed by atoms with Crippen LogP contribution >= 0.6 is 11.8 Å². The lowest BCUT2D eigenvalue weighted by molar-refractivity contribution is -0.127. The first-order valence-electron chi connectivity index (χ1n) is 6.77. The Morgan fingerprint density at radius 3 is 2.80 bits per heavy atom. The minimum Gasteiger partial charge on any atom is -0.335 e. The van der Waals surface area contributed by atoms with Gasteiger partial charge in [0.2, 0.25) is 5.91 Å². The number of rotatable bonds is 4. The zero-order chi connectivity index (χ0) is 14.5. The molecule has 0 aromatic heterocycles. The van der Waals surface area contributed by atoms with E-state index in [1.54, 1.807) is 6.08 Å². The molecule has 110 valence electrons. The maximum Gasteiger partial charge on any atom is 0.315 e. The fraction of sp³-hybridized carbons (Fsp3) is 0.615. The average molecular weight is 297 g/mol. The van der Waals surface area contributed by atoms with E-state index < -0.39 is 0 Å². The normalized spacial score (nSPS) is 26.5. The Kier molecular flexibility index (Phi) is 5.05. The Morgan fingerprint density at radius 2 is 2.15 bits per heavy atom. The molecule has 0 bridgehead atoms. The second-order valence-electron chi connectivity index (χ2n) is 4.92. The third-order valence-corrected chi connectivity index (χ3v) is 4.40. The van der Waals surface area contributed by atoms with Crippen molar-refractivity contribution in [3.63, 3.8) is 0 Å². The van der Waals surface area contributed by atoms with Crippen LogP contribution in [0.2, 0.25) is 0 Å². The SMILES string of the molecule is C=CCNC(=O)N[C@H]1CCCC[C@@H]1N1C(=O)CSC1=O. The molecule has 6 nitrogen and oxygen atoms in total. The summed E-state index contributed by atoms with van der Waals surface area (Å²) in [6.45, 7) is 3.92. The van der Waals surface area contributed by atoms with Crippen molar-refractivity contribution in [2.45, 2.75) is 37.8 Å². The van der Waals surface area contributed by atoms with Crippen LogP contribution < -0.4 is 10.6 Å². The third-order valence-electron chi connectivity index (χ3n) is 3.57. The topological polar surface area (TPSA) is 78.5 Å². The van der Waals surface area contributed by atoms with Gasteiger partial charge in [-0.1, -0.05) is 30.7 Å². The number of nitrogens with zero attached hydrogens (tertiary/aromatic N) is 1. The van der Waals surface area contributed by atoms with Gasteiger partial charge < -0.3 is 10.6 Å². The van der Waals surface area contributed by atoms with E-state index in [0.29, 0.717) is 6.54 Å². The summed E-state index contributed by atoms with van der Waals surface area (Å²) < 4.78 is 0. The van der Waals surface area contributed by atoms with Gasteiger partial charge in [0, 0.05) is 6.54 Å². The van der Waals surface area contributed by atoms with Gasteiger partial charge in [-0.25, -0.2) is 4.79 Å². The van der Waals surface area contributed by atoms with Crippen molar-refractivity contribution in [2.24, 2.45) is 0 Å². The van der Waals surface area contributed by atoms with Gasteiger partial charge in [-0.3, -0.25) is 14.5 Å². The van der Waals surface area contributed by atoms with Crippen LogP contribution in [0, 0.1) is 0 Å². The molecule has 1 saturated carbocycles. The second-order valence-corrected chi connectivity index (χ2v) is 5.85. The molecule has 0 unspecified atom stereocenters. The van der Waals surface area contributed by atoms with Crippen LogP contribution in [0.5, 0.6) is 0 Å². The minimum absolute atomic E-state index is 0.148. The molecule has 1 saturated heterocycles. The fourth-order valence-electron chi connectivity index (χ4n) is 2.66. The lowest BCUT2D eigenvalue weighted by Crippen LogP contribution is -2.56. The van der Waals surface area contributed by atoms with E-state index in [9.17, 15) is 14.4 Å². The zero-order valence-corrected chi connectivity index (χ0v) is 12.1. The number of imide groups is 1. The summed E-state index contributed by atoms with van der Waals surface area (Å²) in [5.74, 6) is 0.0650. The molecule has 2 fully saturated rings. The van der Waals surface area contributed by atoms with Gasteiger partial charge in [-0.2, -0.15) is 0 Å². The maximum absolute atomic E-state index is 11.8. The molecule has 7 heteroatoms. The molecule has 2 N–H and O–H groups in total. The average Bonchev–Trinajstić information content (AvgIpc) is 2.77. The summed E-state index contributed by atoms with van der Waals surface area (Å²) in [6.07, 6.45) is 5.10. The van der Waals surface area contributed by atoms with Crippen LogP contribution in [0.25, 0.3) is 0 Å². The Morgan fingerprint density at radius 1 is 1.40 bits per heavy atom. The predicted octanol–water partition coefficient (Wildman–Crippen LogP) is 1.48. The third kappa shape index (κ3) is 3.33. The number of carbonyl (C=O) groups excluding carboxylic acids is 3. The summed E-state index contributed by atoms with van der Waals surface area (Å²) in [7, 11) is 0. The van der Waals surface area contributed by atoms with E-state index in [0.717, 1.165) is 37.4 Å². The number of nitrogens with one attached hydrogen (secondary N) is 2. The van der Waals surface area contributed by atoms with Crippen molar-refractivity contribution in [1.29, 1.82) is 0 Å². The van der Waals surface area contributed by atoms with Gasteiger partial charge in [0.15, 0.2) is 0 Å². The summed E-state index contributed by atoms with van der Waals surface area (Å²) in [6, 6.07) is -0.665. The van der Waals surface area contributed by atoms with Gasteiger partial charge in [0.1, 0.15) is 0 Å². The summed E-state index contributed by atoms with van der Waals surface area (Å²) in [5.41, 5.74) is 0. The Hall–Kier alpha value is -1.50. The van der Waals surface area contributed by atoms with E-state index in [4.69, 9.17) is 0 Å². The Bertz CT molecular complexity index is 411. The molecule has 4 amide bonds. The Labute approximate surface area is 122 Å². The van der Waals surface area contributed by atoms with Crippen molar-refractivity contribution in [3.8, 4) is 0 Å².